The van der Waals surface area contributed by atoms with E-state index in [1.807, 2.05) is 19.9 Å². The van der Waals surface area contributed by atoms with Crippen molar-refractivity contribution in [3.63, 3.8) is 0 Å². The van der Waals surface area contributed by atoms with Gasteiger partial charge in [0.05, 0.1) is 28.7 Å². The van der Waals surface area contributed by atoms with E-state index >= 15 is 0 Å². The third-order valence-electron chi connectivity index (χ3n) is 6.61. The molecule has 1 fully saturated rings. The number of hydrogen-bond donors (Lipinski definition) is 0. The summed E-state index contributed by atoms with van der Waals surface area (Å²) in [5, 5.41) is 13.7. The van der Waals surface area contributed by atoms with Gasteiger partial charge in [0, 0.05) is 36.5 Å². The quantitative estimate of drug-likeness (QED) is 0.334. The summed E-state index contributed by atoms with van der Waals surface area (Å²) >= 11 is 6.50. The Labute approximate surface area is 222 Å². The highest BCUT2D eigenvalue weighted by Gasteiger charge is 2.34. The van der Waals surface area contributed by atoms with Gasteiger partial charge in [-0.3, -0.25) is 4.57 Å². The van der Waals surface area contributed by atoms with Crippen molar-refractivity contribution < 1.29 is 13.5 Å². The van der Waals surface area contributed by atoms with Gasteiger partial charge in [0.25, 0.3) is 0 Å². The van der Waals surface area contributed by atoms with Gasteiger partial charge in [-0.2, -0.15) is 15.0 Å². The number of anilines is 1. The molecule has 1 unspecified atom stereocenters. The number of ether oxygens (including phenoxy) is 1. The molecule has 1 aliphatic rings. The standard InChI is InChI=1S/C27H23ClF2N6O2/c1-17-12-32-25(34-9-8-27(2,14-31)15-34)11-24(17)38-23-7-6-18(10-20(23)28)36-26(37)35(16-33-36)13-19-21(29)4-3-5-22(19)30/h3-7,10-12,16H,8-9,13,15H2,1-2H3. The fourth-order valence-corrected chi connectivity index (χ4v) is 4.54. The first kappa shape index (κ1) is 25.4. The maximum absolute atomic E-state index is 14.0. The second-order valence-electron chi connectivity index (χ2n) is 9.52. The van der Waals surface area contributed by atoms with Crippen LogP contribution in [0.4, 0.5) is 14.6 Å². The van der Waals surface area contributed by atoms with Crippen LogP contribution in [-0.2, 0) is 6.54 Å². The average Bonchev–Trinajstić information content (AvgIpc) is 3.47. The van der Waals surface area contributed by atoms with Crippen LogP contribution in [0, 0.1) is 35.3 Å². The van der Waals surface area contributed by atoms with Crippen molar-refractivity contribution in [2.24, 2.45) is 5.41 Å². The molecule has 8 nitrogen and oxygen atoms in total. The van der Waals surface area contributed by atoms with Crippen molar-refractivity contribution in [3.05, 3.63) is 93.3 Å². The van der Waals surface area contributed by atoms with Crippen LogP contribution in [0.5, 0.6) is 11.5 Å². The van der Waals surface area contributed by atoms with Crippen LogP contribution in [0.2, 0.25) is 5.02 Å². The number of pyridine rings is 1. The van der Waals surface area contributed by atoms with Crippen molar-refractivity contribution in [1.82, 2.24) is 19.3 Å². The summed E-state index contributed by atoms with van der Waals surface area (Å²) in [6, 6.07) is 12.5. The SMILES string of the molecule is Cc1cnc(N2CCC(C)(C#N)C2)cc1Oc1ccc(-n2ncn(Cc3c(F)cccc3F)c2=O)cc1Cl. The van der Waals surface area contributed by atoms with E-state index < -0.39 is 22.7 Å². The largest absolute Gasteiger partial charge is 0.455 e. The Morgan fingerprint density at radius 3 is 2.63 bits per heavy atom. The number of benzene rings is 2. The minimum Gasteiger partial charge on any atom is -0.455 e. The number of nitriles is 1. The molecule has 0 spiro atoms. The molecule has 0 amide bonds. The fourth-order valence-electron chi connectivity index (χ4n) is 4.32. The lowest BCUT2D eigenvalue weighted by Gasteiger charge is -2.20. The van der Waals surface area contributed by atoms with Crippen LogP contribution in [0.3, 0.4) is 0 Å². The lowest BCUT2D eigenvalue weighted by Crippen LogP contribution is -2.24. The molecule has 0 bridgehead atoms. The lowest BCUT2D eigenvalue weighted by atomic mass is 9.92. The Hall–Kier alpha value is -4.23. The molecular weight excluding hydrogens is 514 g/mol. The molecule has 5 rings (SSSR count). The zero-order valence-corrected chi connectivity index (χ0v) is 21.4. The van der Waals surface area contributed by atoms with E-state index in [4.69, 9.17) is 16.3 Å². The van der Waals surface area contributed by atoms with Gasteiger partial charge in [-0.15, -0.1) is 0 Å². The van der Waals surface area contributed by atoms with E-state index in [9.17, 15) is 18.8 Å². The molecule has 0 N–H and O–H groups in total. The molecule has 0 saturated carbocycles. The van der Waals surface area contributed by atoms with Gasteiger partial charge in [0.2, 0.25) is 0 Å². The average molecular weight is 537 g/mol. The van der Waals surface area contributed by atoms with Crippen LogP contribution in [0.15, 0.2) is 59.8 Å². The van der Waals surface area contributed by atoms with Gasteiger partial charge in [-0.05, 0) is 50.6 Å². The molecule has 1 aliphatic heterocycles. The highest BCUT2D eigenvalue weighted by Crippen LogP contribution is 2.36. The number of nitrogens with zero attached hydrogens (tertiary/aromatic N) is 6. The number of rotatable bonds is 6. The molecule has 0 aliphatic carbocycles. The second-order valence-corrected chi connectivity index (χ2v) is 9.93. The Bertz CT molecular complexity index is 1610. The third-order valence-corrected chi connectivity index (χ3v) is 6.91. The molecule has 2 aromatic heterocycles. The summed E-state index contributed by atoms with van der Waals surface area (Å²) < 4.78 is 36.3. The molecule has 38 heavy (non-hydrogen) atoms. The van der Waals surface area contributed by atoms with Crippen LogP contribution >= 0.6 is 11.6 Å². The maximum Gasteiger partial charge on any atom is 0.350 e. The van der Waals surface area contributed by atoms with Gasteiger partial charge in [0.15, 0.2) is 0 Å². The maximum atomic E-state index is 14.0. The zero-order valence-electron chi connectivity index (χ0n) is 20.7. The lowest BCUT2D eigenvalue weighted by molar-refractivity contribution is 0.477. The monoisotopic (exact) mass is 536 g/mol. The van der Waals surface area contributed by atoms with E-state index in [0.717, 1.165) is 39.9 Å². The summed E-state index contributed by atoms with van der Waals surface area (Å²) in [5.74, 6) is 0.143. The van der Waals surface area contributed by atoms with Gasteiger partial charge in [-0.25, -0.2) is 18.6 Å². The van der Waals surface area contributed by atoms with Crippen molar-refractivity contribution in [2.75, 3.05) is 18.0 Å². The zero-order chi connectivity index (χ0) is 27.0. The van der Waals surface area contributed by atoms with E-state index in [0.29, 0.717) is 29.5 Å². The summed E-state index contributed by atoms with van der Waals surface area (Å²) in [7, 11) is 0. The normalized spacial score (nSPS) is 17.0. The van der Waals surface area contributed by atoms with Crippen LogP contribution in [0.1, 0.15) is 24.5 Å². The third kappa shape index (κ3) is 4.85. The van der Waals surface area contributed by atoms with Crippen molar-refractivity contribution >= 4 is 17.4 Å². The number of aromatic nitrogens is 4. The summed E-state index contributed by atoms with van der Waals surface area (Å²) in [5.41, 5.74) is -0.0657. The fraction of sp³-hybridized carbons (Fsp3) is 0.259. The van der Waals surface area contributed by atoms with E-state index in [-0.39, 0.29) is 17.1 Å². The smallest absolute Gasteiger partial charge is 0.350 e. The minimum absolute atomic E-state index is 0.228. The summed E-state index contributed by atoms with van der Waals surface area (Å²) in [6.07, 6.45) is 3.68. The van der Waals surface area contributed by atoms with Crippen molar-refractivity contribution in [1.29, 1.82) is 5.26 Å². The highest BCUT2D eigenvalue weighted by molar-refractivity contribution is 6.32. The van der Waals surface area contributed by atoms with E-state index in [2.05, 4.69) is 21.1 Å². The van der Waals surface area contributed by atoms with Crippen molar-refractivity contribution in [2.45, 2.75) is 26.8 Å². The number of halogens is 3. The van der Waals surface area contributed by atoms with Gasteiger partial charge in [-0.1, -0.05) is 17.7 Å². The van der Waals surface area contributed by atoms with Crippen molar-refractivity contribution in [3.8, 4) is 23.3 Å². The minimum atomic E-state index is -0.743. The van der Waals surface area contributed by atoms with E-state index in [1.165, 1.54) is 18.5 Å². The Morgan fingerprint density at radius 1 is 1.18 bits per heavy atom. The topological polar surface area (TPSA) is 89.0 Å². The molecule has 1 saturated heterocycles. The molecule has 11 heteroatoms. The first-order valence-corrected chi connectivity index (χ1v) is 12.2. The molecular formula is C27H23ClF2N6O2. The highest BCUT2D eigenvalue weighted by atomic mass is 35.5. The molecule has 1 atom stereocenters. The molecule has 3 heterocycles. The van der Waals surface area contributed by atoms with E-state index in [1.54, 1.807) is 18.3 Å². The van der Waals surface area contributed by atoms with Gasteiger partial charge < -0.3 is 9.64 Å². The molecule has 4 aromatic rings. The van der Waals surface area contributed by atoms with Crippen LogP contribution < -0.4 is 15.3 Å². The molecule has 2 aromatic carbocycles. The summed E-state index contributed by atoms with van der Waals surface area (Å²) in [6.45, 7) is 4.80. The van der Waals surface area contributed by atoms with Gasteiger partial charge in [0.1, 0.15) is 35.3 Å². The number of hydrogen-bond acceptors (Lipinski definition) is 6. The first-order chi connectivity index (χ1) is 18.2. The van der Waals surface area contributed by atoms with Crippen LogP contribution in [-0.4, -0.2) is 32.4 Å². The molecule has 194 valence electrons. The Balaban J connectivity index is 1.37. The van der Waals surface area contributed by atoms with Crippen LogP contribution in [0.25, 0.3) is 5.69 Å². The van der Waals surface area contributed by atoms with Gasteiger partial charge >= 0.3 is 5.69 Å². The first-order valence-electron chi connectivity index (χ1n) is 11.9. The second kappa shape index (κ2) is 9.91. The Morgan fingerprint density at radius 2 is 1.95 bits per heavy atom. The number of aryl methyl sites for hydroxylation is 1. The summed E-state index contributed by atoms with van der Waals surface area (Å²) in [4.78, 5) is 19.4. The predicted molar refractivity (Wildman–Crippen MR) is 138 cm³/mol. The molecule has 0 radical (unpaired) electrons. The predicted octanol–water partition coefficient (Wildman–Crippen LogP) is 5.25. The Kier molecular flexibility index (Phi) is 6.63.